The van der Waals surface area contributed by atoms with Crippen LogP contribution in [-0.2, 0) is 23.8 Å². The molecule has 1 amide bonds. The van der Waals surface area contributed by atoms with Gasteiger partial charge in [-0.25, -0.2) is 9.97 Å². The molecule has 1 aliphatic carbocycles. The Hall–Kier alpha value is -2.42. The van der Waals surface area contributed by atoms with Crippen molar-refractivity contribution in [1.82, 2.24) is 9.97 Å². The number of fused-ring (bicyclic) bond motifs is 1. The minimum absolute atomic E-state index is 0.0528. The molecule has 5 nitrogen and oxygen atoms in total. The van der Waals surface area contributed by atoms with Crippen molar-refractivity contribution in [2.75, 3.05) is 11.1 Å². The number of anilines is 1. The molecule has 3 rings (SSSR count). The third-order valence-corrected chi connectivity index (χ3v) is 5.72. The van der Waals surface area contributed by atoms with Gasteiger partial charge in [0.15, 0.2) is 16.6 Å². The lowest BCUT2D eigenvalue weighted by Crippen LogP contribution is -2.19. The van der Waals surface area contributed by atoms with Gasteiger partial charge in [0.25, 0.3) is 0 Å². The summed E-state index contributed by atoms with van der Waals surface area (Å²) in [6.07, 6.45) is -1.33. The smallest absolute Gasteiger partial charge is 0.326 e. The van der Waals surface area contributed by atoms with Gasteiger partial charge in [0.2, 0.25) is 5.91 Å². The molecule has 1 aromatic heterocycles. The molecule has 0 unspecified atom stereocenters. The van der Waals surface area contributed by atoms with E-state index >= 15 is 0 Å². The van der Waals surface area contributed by atoms with Gasteiger partial charge >= 0.3 is 6.18 Å². The number of aryl methyl sites for hydroxylation is 1. The first kappa shape index (κ1) is 22.3. The topological polar surface area (TPSA) is 72.0 Å². The molecule has 0 radical (unpaired) electrons. The van der Waals surface area contributed by atoms with E-state index < -0.39 is 11.9 Å². The number of hydrogen-bond acceptors (Lipinski definition) is 5. The average molecular weight is 437 g/mol. The summed E-state index contributed by atoms with van der Waals surface area (Å²) in [5, 5.41) is 2.85. The third-order valence-electron chi connectivity index (χ3n) is 4.79. The molecule has 0 spiro atoms. The van der Waals surface area contributed by atoms with Crippen molar-refractivity contribution < 1.29 is 22.8 Å². The molecule has 30 heavy (non-hydrogen) atoms. The SMILES string of the molecule is CC(=O)c1ccc(NC(=O)CCCSc2nc3c(c(C(F)(F)F)n2)CCCC3)cc1. The fourth-order valence-electron chi connectivity index (χ4n) is 3.28. The van der Waals surface area contributed by atoms with Gasteiger partial charge in [-0.05, 0) is 63.3 Å². The van der Waals surface area contributed by atoms with E-state index in [4.69, 9.17) is 0 Å². The van der Waals surface area contributed by atoms with Crippen LogP contribution in [-0.4, -0.2) is 27.4 Å². The summed E-state index contributed by atoms with van der Waals surface area (Å²) >= 11 is 1.14. The van der Waals surface area contributed by atoms with Crippen molar-refractivity contribution in [3.05, 3.63) is 46.8 Å². The Labute approximate surface area is 176 Å². The van der Waals surface area contributed by atoms with Crippen LogP contribution in [0.4, 0.5) is 18.9 Å². The Kier molecular flexibility index (Phi) is 7.12. The number of hydrogen-bond donors (Lipinski definition) is 1. The highest BCUT2D eigenvalue weighted by atomic mass is 32.2. The number of halogens is 3. The summed E-state index contributed by atoms with van der Waals surface area (Å²) in [5.41, 5.74) is 1.06. The zero-order valence-electron chi connectivity index (χ0n) is 16.5. The maximum absolute atomic E-state index is 13.4. The van der Waals surface area contributed by atoms with Gasteiger partial charge in [-0.2, -0.15) is 13.2 Å². The Morgan fingerprint density at radius 2 is 1.80 bits per heavy atom. The lowest BCUT2D eigenvalue weighted by molar-refractivity contribution is -0.142. The summed E-state index contributed by atoms with van der Waals surface area (Å²) in [7, 11) is 0. The number of carbonyl (C=O) groups is 2. The molecule has 0 bridgehead atoms. The maximum atomic E-state index is 13.4. The highest BCUT2D eigenvalue weighted by Gasteiger charge is 2.37. The van der Waals surface area contributed by atoms with Crippen molar-refractivity contribution in [3.8, 4) is 0 Å². The van der Waals surface area contributed by atoms with Crippen molar-refractivity contribution in [2.45, 2.75) is 56.8 Å². The molecular weight excluding hydrogens is 415 g/mol. The highest BCUT2D eigenvalue weighted by molar-refractivity contribution is 7.99. The second-order valence-electron chi connectivity index (χ2n) is 7.12. The molecule has 1 N–H and O–H groups in total. The molecule has 2 aromatic rings. The summed E-state index contributed by atoms with van der Waals surface area (Å²) in [6, 6.07) is 6.59. The van der Waals surface area contributed by atoms with Crippen LogP contribution < -0.4 is 5.32 Å². The minimum Gasteiger partial charge on any atom is -0.326 e. The average Bonchev–Trinajstić information content (AvgIpc) is 2.70. The molecule has 1 heterocycles. The number of ketones is 1. The Morgan fingerprint density at radius 1 is 1.10 bits per heavy atom. The first-order valence-electron chi connectivity index (χ1n) is 9.74. The Balaban J connectivity index is 1.52. The van der Waals surface area contributed by atoms with Crippen LogP contribution in [0.5, 0.6) is 0 Å². The molecule has 0 fully saturated rings. The number of aromatic nitrogens is 2. The quantitative estimate of drug-likeness (QED) is 0.283. The number of amides is 1. The Bertz CT molecular complexity index is 930. The lowest BCUT2D eigenvalue weighted by atomic mass is 9.94. The van der Waals surface area contributed by atoms with Crippen molar-refractivity contribution in [3.63, 3.8) is 0 Å². The van der Waals surface area contributed by atoms with Gasteiger partial charge in [0, 0.05) is 34.7 Å². The lowest BCUT2D eigenvalue weighted by Gasteiger charge is -2.20. The predicted octanol–water partition coefficient (Wildman–Crippen LogP) is 5.09. The van der Waals surface area contributed by atoms with Gasteiger partial charge in [-0.15, -0.1) is 0 Å². The number of rotatable bonds is 7. The van der Waals surface area contributed by atoms with E-state index in [0.29, 0.717) is 42.0 Å². The second-order valence-corrected chi connectivity index (χ2v) is 8.18. The van der Waals surface area contributed by atoms with Gasteiger partial charge in [-0.1, -0.05) is 11.8 Å². The fourth-order valence-corrected chi connectivity index (χ4v) is 4.08. The van der Waals surface area contributed by atoms with E-state index in [1.807, 2.05) is 0 Å². The maximum Gasteiger partial charge on any atom is 0.433 e. The third kappa shape index (κ3) is 5.81. The van der Waals surface area contributed by atoms with Gasteiger partial charge in [0.05, 0.1) is 0 Å². The number of benzene rings is 1. The number of alkyl halides is 3. The summed E-state index contributed by atoms with van der Waals surface area (Å²) in [4.78, 5) is 31.4. The molecule has 9 heteroatoms. The van der Waals surface area contributed by atoms with E-state index in [1.54, 1.807) is 24.3 Å². The van der Waals surface area contributed by atoms with Gasteiger partial charge in [-0.3, -0.25) is 9.59 Å². The van der Waals surface area contributed by atoms with E-state index in [0.717, 1.165) is 24.6 Å². The van der Waals surface area contributed by atoms with E-state index in [-0.39, 0.29) is 28.8 Å². The number of thioether (sulfide) groups is 1. The number of carbonyl (C=O) groups excluding carboxylic acids is 2. The van der Waals surface area contributed by atoms with Crippen molar-refractivity contribution >= 4 is 29.1 Å². The van der Waals surface area contributed by atoms with Crippen LogP contribution in [0.2, 0.25) is 0 Å². The van der Waals surface area contributed by atoms with Crippen LogP contribution in [0.25, 0.3) is 0 Å². The van der Waals surface area contributed by atoms with Crippen LogP contribution in [0.1, 0.15) is 59.9 Å². The predicted molar refractivity (Wildman–Crippen MR) is 109 cm³/mol. The van der Waals surface area contributed by atoms with Gasteiger partial charge < -0.3 is 5.32 Å². The summed E-state index contributed by atoms with van der Waals surface area (Å²) < 4.78 is 40.1. The van der Waals surface area contributed by atoms with Crippen LogP contribution >= 0.6 is 11.8 Å². The van der Waals surface area contributed by atoms with E-state index in [2.05, 4.69) is 15.3 Å². The number of nitrogens with one attached hydrogen (secondary N) is 1. The number of nitrogens with zero attached hydrogens (tertiary/aromatic N) is 2. The second kappa shape index (κ2) is 9.59. The monoisotopic (exact) mass is 437 g/mol. The van der Waals surface area contributed by atoms with Gasteiger partial charge in [0.1, 0.15) is 0 Å². The zero-order chi connectivity index (χ0) is 21.7. The normalized spacial score (nSPS) is 13.6. The van der Waals surface area contributed by atoms with E-state index in [9.17, 15) is 22.8 Å². The molecule has 0 aliphatic heterocycles. The molecule has 160 valence electrons. The first-order valence-corrected chi connectivity index (χ1v) is 10.7. The standard InChI is InChI=1S/C21H22F3N3O2S/c1-13(28)14-8-10-15(11-9-14)25-18(29)7-4-12-30-20-26-17-6-3-2-5-16(17)19(27-20)21(22,23)24/h8-11H,2-7,12H2,1H3,(H,25,29). The largest absolute Gasteiger partial charge is 0.433 e. The highest BCUT2D eigenvalue weighted by Crippen LogP contribution is 2.35. The summed E-state index contributed by atoms with van der Waals surface area (Å²) in [5.74, 6) is 0.184. The van der Waals surface area contributed by atoms with Crippen LogP contribution in [0, 0.1) is 0 Å². The van der Waals surface area contributed by atoms with Crippen molar-refractivity contribution in [2.24, 2.45) is 0 Å². The van der Waals surface area contributed by atoms with E-state index in [1.165, 1.54) is 6.92 Å². The molecule has 0 saturated heterocycles. The Morgan fingerprint density at radius 3 is 2.47 bits per heavy atom. The first-order chi connectivity index (χ1) is 14.2. The zero-order valence-corrected chi connectivity index (χ0v) is 17.3. The fraction of sp³-hybridized carbons (Fsp3) is 0.429. The van der Waals surface area contributed by atoms with Crippen LogP contribution in [0.15, 0.2) is 29.4 Å². The van der Waals surface area contributed by atoms with Crippen LogP contribution in [0.3, 0.4) is 0 Å². The molecule has 1 aromatic carbocycles. The molecule has 0 saturated carbocycles. The molecule has 0 atom stereocenters. The van der Waals surface area contributed by atoms with Crippen molar-refractivity contribution in [1.29, 1.82) is 0 Å². The minimum atomic E-state index is -4.49. The molecular formula is C21H22F3N3O2S. The molecule has 1 aliphatic rings. The number of Topliss-reactive ketones (excluding diaryl/α,β-unsaturated/α-hetero) is 1. The summed E-state index contributed by atoms with van der Waals surface area (Å²) in [6.45, 7) is 1.47.